The van der Waals surface area contributed by atoms with Gasteiger partial charge in [0.15, 0.2) is 0 Å². The normalized spacial score (nSPS) is 18.9. The number of piperidine rings is 1. The molecule has 1 aliphatic rings. The molecule has 0 aliphatic carbocycles. The van der Waals surface area contributed by atoms with Crippen molar-refractivity contribution >= 4 is 39.3 Å². The van der Waals surface area contributed by atoms with E-state index in [0.29, 0.717) is 11.4 Å². The van der Waals surface area contributed by atoms with Crippen molar-refractivity contribution in [2.24, 2.45) is 11.3 Å². The van der Waals surface area contributed by atoms with Crippen molar-refractivity contribution < 1.29 is 27.9 Å². The average Bonchev–Trinajstić information content (AvgIpc) is 2.97. The van der Waals surface area contributed by atoms with Crippen LogP contribution in [0.1, 0.15) is 66.0 Å². The van der Waals surface area contributed by atoms with Crippen LogP contribution < -0.4 is 10.0 Å². The van der Waals surface area contributed by atoms with Crippen molar-refractivity contribution in [3.63, 3.8) is 0 Å². The first-order valence-corrected chi connectivity index (χ1v) is 16.2. The summed E-state index contributed by atoms with van der Waals surface area (Å²) in [5.74, 6) is -2.02. The zero-order valence-electron chi connectivity index (χ0n) is 25.4. The Hall–Kier alpha value is -3.73. The van der Waals surface area contributed by atoms with Gasteiger partial charge in [-0.05, 0) is 67.3 Å². The number of rotatable bonds is 8. The molecule has 0 radical (unpaired) electrons. The zero-order valence-corrected chi connectivity index (χ0v) is 27.0. The quantitative estimate of drug-likeness (QED) is 0.328. The number of carbonyl (C=O) groups excluding carboxylic acids is 3. The first kappa shape index (κ1) is 33.2. The molecule has 0 spiro atoms. The van der Waals surface area contributed by atoms with E-state index in [0.717, 1.165) is 11.1 Å². The number of aryl methyl sites for hydroxylation is 1. The lowest BCUT2D eigenvalue weighted by Crippen LogP contribution is -2.60. The number of likely N-dealkylation sites (tertiary alicyclic amines) is 1. The van der Waals surface area contributed by atoms with E-state index in [1.165, 1.54) is 36.4 Å². The lowest BCUT2D eigenvalue weighted by Gasteiger charge is -2.51. The molecule has 2 atom stereocenters. The largest absolute Gasteiger partial charge is 0.384 e. The Labute approximate surface area is 263 Å². The Morgan fingerprint density at radius 1 is 0.932 bits per heavy atom. The summed E-state index contributed by atoms with van der Waals surface area (Å²) in [6, 6.07) is 17.9. The van der Waals surface area contributed by atoms with E-state index in [4.69, 9.17) is 11.6 Å². The van der Waals surface area contributed by atoms with Crippen LogP contribution in [0.3, 0.4) is 0 Å². The van der Waals surface area contributed by atoms with Crippen LogP contribution in [0.5, 0.6) is 0 Å². The Morgan fingerprint density at radius 3 is 2.09 bits per heavy atom. The Morgan fingerprint density at radius 2 is 1.52 bits per heavy atom. The minimum atomic E-state index is -4.12. The molecule has 11 heteroatoms. The van der Waals surface area contributed by atoms with E-state index in [1.807, 2.05) is 39.3 Å². The van der Waals surface area contributed by atoms with Crippen molar-refractivity contribution in [3.8, 4) is 0 Å². The van der Waals surface area contributed by atoms with Crippen LogP contribution in [-0.2, 0) is 20.4 Å². The topological polar surface area (TPSA) is 133 Å². The fraction of sp³-hybridized carbons (Fsp3) is 0.364. The van der Waals surface area contributed by atoms with E-state index in [-0.39, 0.29) is 40.9 Å². The summed E-state index contributed by atoms with van der Waals surface area (Å²) in [5.41, 5.74) is -0.223. The number of nitrogens with one attached hydrogen (secondary N) is 2. The Kier molecular flexibility index (Phi) is 9.58. The molecular weight excluding hydrogens is 602 g/mol. The molecule has 0 aromatic heterocycles. The molecule has 44 heavy (non-hydrogen) atoms. The number of hydrogen-bond acceptors (Lipinski definition) is 6. The number of amides is 3. The van der Waals surface area contributed by atoms with E-state index < -0.39 is 38.9 Å². The molecule has 3 amide bonds. The summed E-state index contributed by atoms with van der Waals surface area (Å²) >= 11 is 6.05. The number of hydrogen-bond donors (Lipinski definition) is 3. The van der Waals surface area contributed by atoms with E-state index in [9.17, 15) is 27.9 Å². The van der Waals surface area contributed by atoms with Gasteiger partial charge in [0.1, 0.15) is 6.04 Å². The summed E-state index contributed by atoms with van der Waals surface area (Å²) in [7, 11) is -4.12. The monoisotopic (exact) mass is 639 g/mol. The van der Waals surface area contributed by atoms with E-state index >= 15 is 0 Å². The second-order valence-corrected chi connectivity index (χ2v) is 14.4. The molecular formula is C33H38ClN3O6S. The van der Waals surface area contributed by atoms with Crippen molar-refractivity contribution in [1.29, 1.82) is 0 Å². The Bertz CT molecular complexity index is 1660. The van der Waals surface area contributed by atoms with Gasteiger partial charge in [0, 0.05) is 34.7 Å². The summed E-state index contributed by atoms with van der Waals surface area (Å²) in [4.78, 5) is 41.5. The smallest absolute Gasteiger partial charge is 0.265 e. The van der Waals surface area contributed by atoms with Crippen molar-refractivity contribution in [1.82, 2.24) is 14.9 Å². The third-order valence-electron chi connectivity index (χ3n) is 8.25. The van der Waals surface area contributed by atoms with Crippen LogP contribution in [0.4, 0.5) is 0 Å². The highest BCUT2D eigenvalue weighted by Gasteiger charge is 2.50. The maximum atomic E-state index is 13.8. The molecule has 3 aromatic carbocycles. The van der Waals surface area contributed by atoms with Crippen LogP contribution in [0.2, 0.25) is 5.02 Å². The van der Waals surface area contributed by atoms with Crippen LogP contribution >= 0.6 is 11.6 Å². The number of nitrogens with zero attached hydrogens (tertiary/aromatic N) is 1. The molecule has 9 nitrogen and oxygen atoms in total. The van der Waals surface area contributed by atoms with Gasteiger partial charge in [-0.25, -0.2) is 13.1 Å². The van der Waals surface area contributed by atoms with Crippen LogP contribution in [0.15, 0.2) is 77.7 Å². The van der Waals surface area contributed by atoms with Gasteiger partial charge in [0.25, 0.3) is 21.8 Å². The average molecular weight is 640 g/mol. The number of carbonyl (C=O) groups is 3. The summed E-state index contributed by atoms with van der Waals surface area (Å²) in [6.45, 7) is 9.81. The molecule has 4 rings (SSSR count). The third-order valence-corrected chi connectivity index (χ3v) is 9.85. The molecule has 3 aromatic rings. The lowest BCUT2D eigenvalue weighted by atomic mass is 9.66. The van der Waals surface area contributed by atoms with Crippen LogP contribution in [-0.4, -0.2) is 55.3 Å². The SMILES string of the molecule is Cc1ccc(S(=O)(=O)NC(=O)c2cccc(C(=O)N[C@@H](C(=O)N3CC[C@](O)(c4ccc(Cl)cc4)C(C)(C)C3)C(C)C)c2)cc1. The van der Waals surface area contributed by atoms with Gasteiger partial charge in [-0.15, -0.1) is 0 Å². The van der Waals surface area contributed by atoms with Crippen molar-refractivity contribution in [2.45, 2.75) is 57.6 Å². The molecule has 0 saturated carbocycles. The van der Waals surface area contributed by atoms with Crippen LogP contribution in [0.25, 0.3) is 0 Å². The highest BCUT2D eigenvalue weighted by atomic mass is 35.5. The van der Waals surface area contributed by atoms with Gasteiger partial charge in [0.05, 0.1) is 10.5 Å². The summed E-state index contributed by atoms with van der Waals surface area (Å²) in [6.07, 6.45) is 0.300. The number of aliphatic hydroxyl groups is 1. The zero-order chi connectivity index (χ0) is 32.4. The van der Waals surface area contributed by atoms with Gasteiger partial charge in [0.2, 0.25) is 5.91 Å². The number of sulfonamides is 1. The molecule has 234 valence electrons. The number of benzene rings is 3. The van der Waals surface area contributed by atoms with Gasteiger partial charge in [-0.1, -0.05) is 75.2 Å². The van der Waals surface area contributed by atoms with Crippen molar-refractivity contribution in [2.75, 3.05) is 13.1 Å². The van der Waals surface area contributed by atoms with Gasteiger partial charge < -0.3 is 15.3 Å². The molecule has 1 saturated heterocycles. The molecule has 1 heterocycles. The molecule has 3 N–H and O–H groups in total. The second-order valence-electron chi connectivity index (χ2n) is 12.3. The van der Waals surface area contributed by atoms with Gasteiger partial charge in [-0.2, -0.15) is 0 Å². The van der Waals surface area contributed by atoms with Gasteiger partial charge >= 0.3 is 0 Å². The maximum absolute atomic E-state index is 13.8. The third kappa shape index (κ3) is 6.98. The highest BCUT2D eigenvalue weighted by molar-refractivity contribution is 7.90. The first-order valence-electron chi connectivity index (χ1n) is 14.4. The standard InChI is InChI=1S/C33H38ClN3O6S/c1-21(2)28(31(40)37-18-17-33(41,32(4,5)20-37)25-11-13-26(34)14-12-25)35-29(38)23-7-6-8-24(19-23)30(39)36-44(42,43)27-15-9-22(3)10-16-27/h6-16,19,21,28,41H,17-18,20H2,1-5H3,(H,35,38)(H,36,39)/t28-,33+/m1/s1. The van der Waals surface area contributed by atoms with Crippen molar-refractivity contribution in [3.05, 3.63) is 100 Å². The first-order chi connectivity index (χ1) is 20.5. The molecule has 1 fully saturated rings. The summed E-state index contributed by atoms with van der Waals surface area (Å²) in [5, 5.41) is 15.1. The minimum absolute atomic E-state index is 0.0278. The molecule has 0 bridgehead atoms. The van der Waals surface area contributed by atoms with Crippen LogP contribution in [0, 0.1) is 18.3 Å². The predicted octanol–water partition coefficient (Wildman–Crippen LogP) is 4.67. The lowest BCUT2D eigenvalue weighted by molar-refractivity contribution is -0.155. The number of halogens is 1. The van der Waals surface area contributed by atoms with E-state index in [1.54, 1.807) is 41.3 Å². The second kappa shape index (κ2) is 12.7. The Balaban J connectivity index is 1.47. The maximum Gasteiger partial charge on any atom is 0.265 e. The predicted molar refractivity (Wildman–Crippen MR) is 169 cm³/mol. The van der Waals surface area contributed by atoms with Gasteiger partial charge in [-0.3, -0.25) is 14.4 Å². The fourth-order valence-electron chi connectivity index (χ4n) is 5.46. The summed E-state index contributed by atoms with van der Waals surface area (Å²) < 4.78 is 27.4. The fourth-order valence-corrected chi connectivity index (χ4v) is 6.56. The van der Waals surface area contributed by atoms with E-state index in [2.05, 4.69) is 5.32 Å². The molecule has 0 unspecified atom stereocenters. The molecule has 1 aliphatic heterocycles. The highest BCUT2D eigenvalue weighted by Crippen LogP contribution is 2.46. The minimum Gasteiger partial charge on any atom is -0.384 e.